The largest absolute Gasteiger partial charge is 0.472 e. The molecule has 0 amide bonds. The van der Waals surface area contributed by atoms with Crippen LogP contribution in [0.3, 0.4) is 0 Å². The highest BCUT2D eigenvalue weighted by Crippen LogP contribution is 2.26. The molecule has 0 aromatic carbocycles. The highest BCUT2D eigenvalue weighted by molar-refractivity contribution is 9.10. The zero-order valence-corrected chi connectivity index (χ0v) is 13.0. The number of aromatic nitrogens is 1. The summed E-state index contributed by atoms with van der Waals surface area (Å²) >= 11 is 9.03. The first kappa shape index (κ1) is 14.5. The summed E-state index contributed by atoms with van der Waals surface area (Å²) in [6.07, 6.45) is 4.42. The molecule has 102 valence electrons. The summed E-state index contributed by atoms with van der Waals surface area (Å²) in [5, 5.41) is -0.0535. The van der Waals surface area contributed by atoms with Crippen LogP contribution in [0.25, 0.3) is 0 Å². The van der Waals surface area contributed by atoms with Crippen molar-refractivity contribution >= 4 is 37.6 Å². The second-order valence-electron chi connectivity index (χ2n) is 3.84. The normalized spacial score (nSPS) is 12.0. The summed E-state index contributed by atoms with van der Waals surface area (Å²) < 4.78 is 31.4. The van der Waals surface area contributed by atoms with Crippen molar-refractivity contribution in [3.8, 4) is 0 Å². The zero-order valence-electron chi connectivity index (χ0n) is 9.88. The number of sulfonamides is 1. The zero-order chi connectivity index (χ0) is 14.0. The standard InChI is InChI=1S/C11H10BrClN2O3S/c1-15(6-8-2-3-18-7-8)19(16,17)10-4-9(12)5-14-11(10)13/h2-5,7H,6H2,1H3. The Kier molecular flexibility index (Phi) is 4.29. The quantitative estimate of drug-likeness (QED) is 0.782. The maximum atomic E-state index is 12.4. The molecule has 2 heterocycles. The molecule has 0 aliphatic rings. The van der Waals surface area contributed by atoms with Crippen LogP contribution in [0.4, 0.5) is 0 Å². The highest BCUT2D eigenvalue weighted by atomic mass is 79.9. The lowest BCUT2D eigenvalue weighted by atomic mass is 10.3. The maximum Gasteiger partial charge on any atom is 0.246 e. The third-order valence-electron chi connectivity index (χ3n) is 2.45. The topological polar surface area (TPSA) is 63.4 Å². The molecule has 2 rings (SSSR count). The SMILES string of the molecule is CN(Cc1ccoc1)S(=O)(=O)c1cc(Br)cnc1Cl. The van der Waals surface area contributed by atoms with Crippen LogP contribution in [-0.4, -0.2) is 24.8 Å². The van der Waals surface area contributed by atoms with E-state index in [1.807, 2.05) is 0 Å². The van der Waals surface area contributed by atoms with Gasteiger partial charge >= 0.3 is 0 Å². The Bertz CT molecular complexity index is 673. The fourth-order valence-corrected chi connectivity index (χ4v) is 3.55. The van der Waals surface area contributed by atoms with Gasteiger partial charge in [0.2, 0.25) is 10.0 Å². The predicted octanol–water partition coefficient (Wildman–Crippen LogP) is 2.91. The van der Waals surface area contributed by atoms with E-state index < -0.39 is 10.0 Å². The minimum absolute atomic E-state index is 0.0328. The molecule has 5 nitrogen and oxygen atoms in total. The first-order valence-corrected chi connectivity index (χ1v) is 7.81. The Hall–Kier alpha value is -0.890. The van der Waals surface area contributed by atoms with E-state index >= 15 is 0 Å². The summed E-state index contributed by atoms with van der Waals surface area (Å²) in [4.78, 5) is 3.79. The predicted molar refractivity (Wildman–Crippen MR) is 74.3 cm³/mol. The van der Waals surface area contributed by atoms with Gasteiger partial charge in [-0.25, -0.2) is 13.4 Å². The number of furan rings is 1. The minimum Gasteiger partial charge on any atom is -0.472 e. The van der Waals surface area contributed by atoms with E-state index in [9.17, 15) is 8.42 Å². The molecule has 2 aromatic heterocycles. The molecule has 0 saturated heterocycles. The Morgan fingerprint density at radius 2 is 2.26 bits per heavy atom. The molecule has 19 heavy (non-hydrogen) atoms. The fourth-order valence-electron chi connectivity index (χ4n) is 1.48. The lowest BCUT2D eigenvalue weighted by Gasteiger charge is -2.16. The van der Waals surface area contributed by atoms with Gasteiger partial charge in [-0.1, -0.05) is 11.6 Å². The Morgan fingerprint density at radius 1 is 1.53 bits per heavy atom. The lowest BCUT2D eigenvalue weighted by Crippen LogP contribution is -2.26. The van der Waals surface area contributed by atoms with Gasteiger partial charge in [-0.05, 0) is 28.1 Å². The van der Waals surface area contributed by atoms with Crippen LogP contribution in [0.2, 0.25) is 5.15 Å². The summed E-state index contributed by atoms with van der Waals surface area (Å²) in [6.45, 7) is 0.196. The number of hydrogen-bond acceptors (Lipinski definition) is 4. The van der Waals surface area contributed by atoms with Crippen LogP contribution >= 0.6 is 27.5 Å². The van der Waals surface area contributed by atoms with E-state index in [4.69, 9.17) is 16.0 Å². The van der Waals surface area contributed by atoms with Crippen LogP contribution in [0.15, 0.2) is 44.6 Å². The average Bonchev–Trinajstić information content (AvgIpc) is 2.85. The van der Waals surface area contributed by atoms with E-state index in [0.29, 0.717) is 4.47 Å². The molecular formula is C11H10BrClN2O3S. The molecule has 0 spiro atoms. The van der Waals surface area contributed by atoms with Crippen molar-refractivity contribution in [1.82, 2.24) is 9.29 Å². The number of pyridine rings is 1. The summed E-state index contributed by atoms with van der Waals surface area (Å²) in [6, 6.07) is 3.13. The van der Waals surface area contributed by atoms with Gasteiger partial charge in [0.1, 0.15) is 10.0 Å². The van der Waals surface area contributed by atoms with Crippen molar-refractivity contribution in [2.75, 3.05) is 7.05 Å². The molecule has 0 N–H and O–H groups in total. The van der Waals surface area contributed by atoms with Gasteiger partial charge in [0.15, 0.2) is 0 Å². The van der Waals surface area contributed by atoms with Crippen molar-refractivity contribution in [2.24, 2.45) is 0 Å². The van der Waals surface area contributed by atoms with Crippen molar-refractivity contribution in [3.05, 3.63) is 46.0 Å². The fraction of sp³-hybridized carbons (Fsp3) is 0.182. The van der Waals surface area contributed by atoms with Gasteiger partial charge in [-0.15, -0.1) is 0 Å². The van der Waals surface area contributed by atoms with Gasteiger partial charge in [0, 0.05) is 29.8 Å². The van der Waals surface area contributed by atoms with Gasteiger partial charge in [0.25, 0.3) is 0 Å². The molecule has 0 atom stereocenters. The van der Waals surface area contributed by atoms with E-state index in [1.54, 1.807) is 6.07 Å². The van der Waals surface area contributed by atoms with E-state index in [-0.39, 0.29) is 16.6 Å². The molecular weight excluding hydrogens is 356 g/mol. The first-order chi connectivity index (χ1) is 8.91. The van der Waals surface area contributed by atoms with Crippen molar-refractivity contribution in [3.63, 3.8) is 0 Å². The molecule has 0 radical (unpaired) electrons. The lowest BCUT2D eigenvalue weighted by molar-refractivity contribution is 0.463. The van der Waals surface area contributed by atoms with Gasteiger partial charge in [-0.3, -0.25) is 0 Å². The van der Waals surface area contributed by atoms with Crippen LogP contribution < -0.4 is 0 Å². The number of halogens is 2. The van der Waals surface area contributed by atoms with Gasteiger partial charge in [-0.2, -0.15) is 4.31 Å². The minimum atomic E-state index is -3.70. The van der Waals surface area contributed by atoms with Crippen LogP contribution in [0.5, 0.6) is 0 Å². The molecule has 0 fully saturated rings. The number of hydrogen-bond donors (Lipinski definition) is 0. The van der Waals surface area contributed by atoms with Crippen molar-refractivity contribution in [1.29, 1.82) is 0 Å². The second kappa shape index (κ2) is 5.62. The Labute approximate surface area is 124 Å². The number of nitrogens with zero attached hydrogens (tertiary/aromatic N) is 2. The van der Waals surface area contributed by atoms with E-state index in [2.05, 4.69) is 20.9 Å². The second-order valence-corrected chi connectivity index (χ2v) is 7.12. The monoisotopic (exact) mass is 364 g/mol. The summed E-state index contributed by atoms with van der Waals surface area (Å²) in [7, 11) is -2.23. The van der Waals surface area contributed by atoms with Gasteiger partial charge < -0.3 is 4.42 Å². The van der Waals surface area contributed by atoms with Crippen LogP contribution in [0.1, 0.15) is 5.56 Å². The molecule has 0 unspecified atom stereocenters. The Morgan fingerprint density at radius 3 is 2.89 bits per heavy atom. The average molecular weight is 366 g/mol. The molecule has 0 bridgehead atoms. The van der Waals surface area contributed by atoms with Crippen LogP contribution in [0, 0.1) is 0 Å². The summed E-state index contributed by atoms with van der Waals surface area (Å²) in [5.41, 5.74) is 0.755. The van der Waals surface area contributed by atoms with Crippen LogP contribution in [-0.2, 0) is 16.6 Å². The molecule has 2 aromatic rings. The third-order valence-corrected chi connectivity index (χ3v) is 5.11. The Balaban J connectivity index is 2.33. The number of rotatable bonds is 4. The summed E-state index contributed by atoms with van der Waals surface area (Å²) in [5.74, 6) is 0. The third kappa shape index (κ3) is 3.17. The molecule has 0 saturated carbocycles. The first-order valence-electron chi connectivity index (χ1n) is 5.19. The smallest absolute Gasteiger partial charge is 0.246 e. The van der Waals surface area contributed by atoms with E-state index in [0.717, 1.165) is 5.56 Å². The maximum absolute atomic E-state index is 12.4. The molecule has 0 aliphatic heterocycles. The highest BCUT2D eigenvalue weighted by Gasteiger charge is 2.25. The molecule has 0 aliphatic carbocycles. The van der Waals surface area contributed by atoms with Crippen molar-refractivity contribution < 1.29 is 12.8 Å². The van der Waals surface area contributed by atoms with E-state index in [1.165, 1.54) is 36.1 Å². The molecule has 8 heteroatoms. The van der Waals surface area contributed by atoms with Crippen molar-refractivity contribution in [2.45, 2.75) is 11.4 Å². The van der Waals surface area contributed by atoms with Gasteiger partial charge in [0.05, 0.1) is 12.5 Å².